The van der Waals surface area contributed by atoms with Crippen molar-refractivity contribution in [1.82, 2.24) is 4.98 Å². The molecule has 0 atom stereocenters. The van der Waals surface area contributed by atoms with Gasteiger partial charge in [0.25, 0.3) is 0 Å². The molecule has 2 aromatic rings. The van der Waals surface area contributed by atoms with Crippen LogP contribution in [0.3, 0.4) is 0 Å². The summed E-state index contributed by atoms with van der Waals surface area (Å²) >= 11 is 5.87. The van der Waals surface area contributed by atoms with Gasteiger partial charge in [-0.25, -0.2) is 9.78 Å². The highest BCUT2D eigenvalue weighted by molar-refractivity contribution is 6.31. The molecule has 0 N–H and O–H groups in total. The fraction of sp³-hybridized carbons (Fsp3) is 0.167. The molecule has 0 unspecified atom stereocenters. The van der Waals surface area contributed by atoms with Crippen LogP contribution in [0, 0.1) is 6.92 Å². The van der Waals surface area contributed by atoms with Gasteiger partial charge in [0.05, 0.1) is 10.9 Å². The van der Waals surface area contributed by atoms with Gasteiger partial charge in [0, 0.05) is 5.02 Å². The van der Waals surface area contributed by atoms with Crippen molar-refractivity contribution >= 4 is 28.6 Å². The maximum Gasteiger partial charge on any atom is 0.347 e. The summed E-state index contributed by atoms with van der Waals surface area (Å²) in [4.78, 5) is 15.9. The third kappa shape index (κ3) is 1.86. The number of halogens is 1. The third-order valence-corrected chi connectivity index (χ3v) is 2.43. The summed E-state index contributed by atoms with van der Waals surface area (Å²) in [5.74, 6) is 0.311. The van der Waals surface area contributed by atoms with E-state index in [1.54, 1.807) is 24.3 Å². The van der Waals surface area contributed by atoms with Crippen molar-refractivity contribution in [1.29, 1.82) is 0 Å². The molecule has 0 saturated carbocycles. The molecule has 0 bridgehead atoms. The lowest BCUT2D eigenvalue weighted by molar-refractivity contribution is 0.490. The van der Waals surface area contributed by atoms with E-state index in [1.807, 2.05) is 13.8 Å². The third-order valence-electron chi connectivity index (χ3n) is 2.21. The van der Waals surface area contributed by atoms with Gasteiger partial charge in [-0.05, 0) is 37.6 Å². The Morgan fingerprint density at radius 2 is 2.19 bits per heavy atom. The number of aryl methyl sites for hydroxylation is 1. The van der Waals surface area contributed by atoms with Crippen LogP contribution >= 0.6 is 11.6 Å². The average molecular weight is 236 g/mol. The SMILES string of the molecule is CC=Cc1nc2c(C)cc(Cl)cc2c(=O)o1. The average Bonchev–Trinajstić information content (AvgIpc) is 2.20. The second kappa shape index (κ2) is 4.10. The summed E-state index contributed by atoms with van der Waals surface area (Å²) in [6.45, 7) is 3.70. The van der Waals surface area contributed by atoms with Crippen LogP contribution < -0.4 is 5.63 Å². The normalized spacial score (nSPS) is 11.4. The first-order valence-corrected chi connectivity index (χ1v) is 5.23. The van der Waals surface area contributed by atoms with Gasteiger partial charge in [0.15, 0.2) is 0 Å². The van der Waals surface area contributed by atoms with Gasteiger partial charge in [-0.3, -0.25) is 0 Å². The van der Waals surface area contributed by atoms with Crippen LogP contribution in [0.25, 0.3) is 17.0 Å². The monoisotopic (exact) mass is 235 g/mol. The lowest BCUT2D eigenvalue weighted by Crippen LogP contribution is -2.04. The summed E-state index contributed by atoms with van der Waals surface area (Å²) in [5.41, 5.74) is 1.08. The Morgan fingerprint density at radius 3 is 2.88 bits per heavy atom. The molecule has 1 heterocycles. The van der Waals surface area contributed by atoms with Crippen molar-refractivity contribution in [3.63, 3.8) is 0 Å². The van der Waals surface area contributed by atoms with E-state index in [1.165, 1.54) is 0 Å². The predicted octanol–water partition coefficient (Wildman–Crippen LogP) is 3.18. The van der Waals surface area contributed by atoms with Gasteiger partial charge >= 0.3 is 5.63 Å². The molecular weight excluding hydrogens is 226 g/mol. The zero-order valence-electron chi connectivity index (χ0n) is 8.95. The van der Waals surface area contributed by atoms with Gasteiger partial charge in [0.2, 0.25) is 5.89 Å². The van der Waals surface area contributed by atoms with Gasteiger partial charge in [-0.1, -0.05) is 17.7 Å². The Bertz CT molecular complexity index is 629. The van der Waals surface area contributed by atoms with Crippen LogP contribution in [0.5, 0.6) is 0 Å². The Kier molecular flexibility index (Phi) is 2.79. The molecule has 3 nitrogen and oxygen atoms in total. The molecule has 2 rings (SSSR count). The number of fused-ring (bicyclic) bond motifs is 1. The molecule has 1 aromatic heterocycles. The van der Waals surface area contributed by atoms with E-state index in [4.69, 9.17) is 16.0 Å². The molecule has 0 aliphatic carbocycles. The maximum absolute atomic E-state index is 11.7. The van der Waals surface area contributed by atoms with E-state index in [0.29, 0.717) is 21.8 Å². The second-order valence-corrected chi connectivity index (χ2v) is 3.89. The number of hydrogen-bond donors (Lipinski definition) is 0. The number of aromatic nitrogens is 1. The van der Waals surface area contributed by atoms with Gasteiger partial charge in [-0.15, -0.1) is 0 Å². The fourth-order valence-corrected chi connectivity index (χ4v) is 1.81. The van der Waals surface area contributed by atoms with Crippen LogP contribution in [-0.2, 0) is 0 Å². The molecule has 0 spiro atoms. The summed E-state index contributed by atoms with van der Waals surface area (Å²) in [6, 6.07) is 3.35. The molecule has 0 aliphatic heterocycles. The minimum atomic E-state index is -0.413. The fourth-order valence-electron chi connectivity index (χ4n) is 1.54. The summed E-state index contributed by atoms with van der Waals surface area (Å²) in [6.07, 6.45) is 3.41. The number of benzene rings is 1. The number of hydrogen-bond acceptors (Lipinski definition) is 3. The first kappa shape index (κ1) is 10.9. The molecule has 16 heavy (non-hydrogen) atoms. The second-order valence-electron chi connectivity index (χ2n) is 3.46. The molecule has 0 saturated heterocycles. The summed E-state index contributed by atoms with van der Waals surface area (Å²) in [7, 11) is 0. The highest BCUT2D eigenvalue weighted by atomic mass is 35.5. The minimum Gasteiger partial charge on any atom is -0.404 e. The molecule has 82 valence electrons. The Morgan fingerprint density at radius 1 is 1.44 bits per heavy atom. The topological polar surface area (TPSA) is 43.1 Å². The Hall–Kier alpha value is -1.61. The molecule has 1 aromatic carbocycles. The molecule has 4 heteroatoms. The highest BCUT2D eigenvalue weighted by Gasteiger charge is 2.07. The largest absolute Gasteiger partial charge is 0.404 e. The number of rotatable bonds is 1. The van der Waals surface area contributed by atoms with E-state index >= 15 is 0 Å². The van der Waals surface area contributed by atoms with Crippen molar-refractivity contribution < 1.29 is 4.42 Å². The lowest BCUT2D eigenvalue weighted by atomic mass is 10.1. The van der Waals surface area contributed by atoms with E-state index in [2.05, 4.69) is 4.98 Å². The van der Waals surface area contributed by atoms with E-state index in [0.717, 1.165) is 5.56 Å². The lowest BCUT2D eigenvalue weighted by Gasteiger charge is -2.01. The van der Waals surface area contributed by atoms with Gasteiger partial charge in [-0.2, -0.15) is 0 Å². The van der Waals surface area contributed by atoms with Crippen LogP contribution in [0.2, 0.25) is 5.02 Å². The van der Waals surface area contributed by atoms with Crippen LogP contribution in [0.1, 0.15) is 18.4 Å². The zero-order valence-corrected chi connectivity index (χ0v) is 9.71. The van der Waals surface area contributed by atoms with Crippen molar-refractivity contribution in [3.05, 3.63) is 45.1 Å². The van der Waals surface area contributed by atoms with Gasteiger partial charge in [0.1, 0.15) is 0 Å². The zero-order chi connectivity index (χ0) is 11.7. The molecule has 0 fully saturated rings. The first-order chi connectivity index (χ1) is 7.61. The van der Waals surface area contributed by atoms with Crippen molar-refractivity contribution in [2.24, 2.45) is 0 Å². The van der Waals surface area contributed by atoms with Crippen molar-refractivity contribution in [2.45, 2.75) is 13.8 Å². The smallest absolute Gasteiger partial charge is 0.347 e. The van der Waals surface area contributed by atoms with Crippen molar-refractivity contribution in [3.8, 4) is 0 Å². The molecule has 0 amide bonds. The predicted molar refractivity (Wildman–Crippen MR) is 64.7 cm³/mol. The minimum absolute atomic E-state index is 0.311. The van der Waals surface area contributed by atoms with Crippen molar-refractivity contribution in [2.75, 3.05) is 0 Å². The van der Waals surface area contributed by atoms with E-state index in [9.17, 15) is 4.79 Å². The number of allylic oxidation sites excluding steroid dienone is 1. The van der Waals surface area contributed by atoms with E-state index in [-0.39, 0.29) is 0 Å². The molecule has 0 radical (unpaired) electrons. The van der Waals surface area contributed by atoms with Crippen LogP contribution in [0.4, 0.5) is 0 Å². The number of nitrogens with zero attached hydrogens (tertiary/aromatic N) is 1. The molecular formula is C12H10ClNO2. The van der Waals surface area contributed by atoms with Gasteiger partial charge < -0.3 is 4.42 Å². The van der Waals surface area contributed by atoms with Crippen LogP contribution in [0.15, 0.2) is 27.4 Å². The quantitative estimate of drug-likeness (QED) is 0.763. The molecule has 0 aliphatic rings. The van der Waals surface area contributed by atoms with Crippen LogP contribution in [-0.4, -0.2) is 4.98 Å². The maximum atomic E-state index is 11.7. The summed E-state index contributed by atoms with van der Waals surface area (Å²) in [5, 5.41) is 0.927. The first-order valence-electron chi connectivity index (χ1n) is 4.85. The Labute approximate surface area is 97.4 Å². The summed E-state index contributed by atoms with van der Waals surface area (Å²) < 4.78 is 5.03. The Balaban J connectivity index is 2.87. The highest BCUT2D eigenvalue weighted by Crippen LogP contribution is 2.20. The standard InChI is InChI=1S/C12H10ClNO2/c1-3-4-10-14-11-7(2)5-8(13)6-9(11)12(15)16-10/h3-6H,1-2H3. The van der Waals surface area contributed by atoms with E-state index < -0.39 is 5.63 Å².